The predicted octanol–water partition coefficient (Wildman–Crippen LogP) is 11.3. The SMILES string of the molecule is c1ccc([Si]2(c3ccccc3)c3cc(P(c4cccc5ccccc45)c4cccc5ccccc45)sc3-c3sc(P(c4cccc5ccccc45)c4cccc5ccccc45)cc32)cc1. The molecular weight excluding hydrogens is 875 g/mol. The Hall–Kier alpha value is -6.28. The Morgan fingerprint density at radius 3 is 0.877 bits per heavy atom. The minimum absolute atomic E-state index is 0.950. The zero-order valence-corrected chi connectivity index (χ0v) is 39.7. The van der Waals surface area contributed by atoms with Gasteiger partial charge in [0, 0.05) is 19.0 Å². The molecule has 0 atom stereocenters. The summed E-state index contributed by atoms with van der Waals surface area (Å²) in [5.41, 5.74) is 0. The fourth-order valence-corrected chi connectivity index (χ4v) is 26.2. The van der Waals surface area contributed by atoms with Crippen molar-refractivity contribution in [3.63, 3.8) is 0 Å². The van der Waals surface area contributed by atoms with Crippen LogP contribution in [0.5, 0.6) is 0 Å². The Balaban J connectivity index is 1.13. The van der Waals surface area contributed by atoms with E-state index in [4.69, 9.17) is 0 Å². The molecule has 0 saturated heterocycles. The van der Waals surface area contributed by atoms with Crippen molar-refractivity contribution in [2.75, 3.05) is 0 Å². The molecule has 0 amide bonds. The predicted molar refractivity (Wildman–Crippen MR) is 292 cm³/mol. The molecule has 0 fully saturated rings. The van der Waals surface area contributed by atoms with Crippen molar-refractivity contribution >= 4 is 141 Å². The van der Waals surface area contributed by atoms with Crippen LogP contribution in [-0.2, 0) is 0 Å². The number of hydrogen-bond donors (Lipinski definition) is 0. The molecule has 12 aromatic rings. The van der Waals surface area contributed by atoms with Gasteiger partial charge in [-0.3, -0.25) is 0 Å². The van der Waals surface area contributed by atoms with Crippen LogP contribution in [0.15, 0.2) is 243 Å². The largest absolute Gasteiger partial charge is 0.182 e. The smallest absolute Gasteiger partial charge is 0.134 e. The quantitative estimate of drug-likeness (QED) is 0.105. The van der Waals surface area contributed by atoms with Crippen molar-refractivity contribution in [3.05, 3.63) is 243 Å². The van der Waals surface area contributed by atoms with Gasteiger partial charge in [0.25, 0.3) is 0 Å². The molecule has 2 aromatic heterocycles. The second-order valence-corrected chi connectivity index (χ2v) is 27.5. The fraction of sp³-hybridized carbons (Fsp3) is 0. The molecule has 13 rings (SSSR count). The molecule has 0 bridgehead atoms. The van der Waals surface area contributed by atoms with Gasteiger partial charge in [-0.05, 0) is 113 Å². The Morgan fingerprint density at radius 2 is 0.554 bits per heavy atom. The molecule has 0 aliphatic carbocycles. The lowest BCUT2D eigenvalue weighted by atomic mass is 10.1. The molecule has 1 aliphatic rings. The van der Waals surface area contributed by atoms with Gasteiger partial charge in [-0.25, -0.2) is 0 Å². The average molecular weight is 915 g/mol. The highest BCUT2D eigenvalue weighted by Gasteiger charge is 2.52. The maximum atomic E-state index is 2.70. The Kier molecular flexibility index (Phi) is 9.63. The third kappa shape index (κ3) is 6.22. The molecular formula is C60H40P2S2Si. The molecule has 3 heterocycles. The Morgan fingerprint density at radius 1 is 0.277 bits per heavy atom. The van der Waals surface area contributed by atoms with Gasteiger partial charge in [-0.15, -0.1) is 22.7 Å². The molecule has 0 unspecified atom stereocenters. The molecule has 0 radical (unpaired) electrons. The molecule has 306 valence electrons. The second-order valence-electron chi connectivity index (χ2n) is 16.8. The van der Waals surface area contributed by atoms with Gasteiger partial charge in [0.05, 0.1) is 0 Å². The maximum Gasteiger partial charge on any atom is 0.182 e. The lowest BCUT2D eigenvalue weighted by molar-refractivity contribution is 1.71. The van der Waals surface area contributed by atoms with Crippen LogP contribution in [0.4, 0.5) is 0 Å². The van der Waals surface area contributed by atoms with E-state index in [1.165, 1.54) is 104 Å². The van der Waals surface area contributed by atoms with E-state index in [0.717, 1.165) is 0 Å². The first-order valence-corrected chi connectivity index (χ1v) is 28.5. The van der Waals surface area contributed by atoms with Crippen LogP contribution in [0, 0.1) is 0 Å². The number of fused-ring (bicyclic) bond motifs is 7. The van der Waals surface area contributed by atoms with Crippen molar-refractivity contribution in [1.82, 2.24) is 0 Å². The maximum absolute atomic E-state index is 2.85. The second kappa shape index (κ2) is 16.0. The van der Waals surface area contributed by atoms with E-state index in [1.807, 2.05) is 0 Å². The Labute approximate surface area is 390 Å². The summed E-state index contributed by atoms with van der Waals surface area (Å²) in [6.07, 6.45) is 0. The van der Waals surface area contributed by atoms with Gasteiger partial charge in [0.2, 0.25) is 0 Å². The highest BCUT2D eigenvalue weighted by atomic mass is 32.1. The van der Waals surface area contributed by atoms with E-state index >= 15 is 0 Å². The summed E-state index contributed by atoms with van der Waals surface area (Å²) in [6, 6.07) is 92.4. The van der Waals surface area contributed by atoms with E-state index in [0.29, 0.717) is 0 Å². The van der Waals surface area contributed by atoms with Crippen LogP contribution in [-0.4, -0.2) is 8.07 Å². The molecule has 0 saturated carbocycles. The summed E-state index contributed by atoms with van der Waals surface area (Å²) in [5.74, 6) is 0. The third-order valence-electron chi connectivity index (χ3n) is 13.3. The summed E-state index contributed by atoms with van der Waals surface area (Å²) in [5, 5.41) is 22.2. The van der Waals surface area contributed by atoms with E-state index in [1.54, 1.807) is 0 Å². The molecule has 0 N–H and O–H groups in total. The zero-order chi connectivity index (χ0) is 42.9. The van der Waals surface area contributed by atoms with Crippen LogP contribution in [0.25, 0.3) is 52.8 Å². The lowest BCUT2D eigenvalue weighted by Gasteiger charge is -2.30. The normalized spacial score (nSPS) is 13.0. The van der Waals surface area contributed by atoms with Crippen LogP contribution < -0.4 is 51.2 Å². The molecule has 5 heteroatoms. The van der Waals surface area contributed by atoms with Gasteiger partial charge >= 0.3 is 0 Å². The van der Waals surface area contributed by atoms with Gasteiger partial charge in [0.1, 0.15) is 0 Å². The fourth-order valence-electron chi connectivity index (χ4n) is 10.5. The summed E-state index contributed by atoms with van der Waals surface area (Å²) >= 11 is 4.15. The minimum atomic E-state index is -2.85. The van der Waals surface area contributed by atoms with E-state index in [2.05, 4.69) is 265 Å². The topological polar surface area (TPSA) is 0 Å². The molecule has 1 aliphatic heterocycles. The molecule has 65 heavy (non-hydrogen) atoms. The first-order valence-electron chi connectivity index (χ1n) is 22.2. The highest BCUT2D eigenvalue weighted by Crippen LogP contribution is 2.47. The number of hydrogen-bond acceptors (Lipinski definition) is 2. The summed E-state index contributed by atoms with van der Waals surface area (Å²) < 4.78 is 2.93. The molecule has 0 spiro atoms. The standard InChI is InChI=1S/C60H40P2S2Si/c1-3-27-45(28-4-1)65(46-29-5-2-6-30-46)55-39-57(61(51-35-15-23-41-19-7-11-31-47(41)51)52-36-16-24-42-20-8-12-32-48(42)52)63-59(55)60-56(65)40-58(64-60)62(53-37-17-25-43-21-9-13-33-49(43)53)54-38-18-26-44-22-10-14-34-50(44)54/h1-40H. The number of benzene rings is 10. The minimum Gasteiger partial charge on any atom is -0.134 e. The van der Waals surface area contributed by atoms with Crippen molar-refractivity contribution < 1.29 is 0 Å². The first-order chi connectivity index (χ1) is 32.3. The van der Waals surface area contributed by atoms with Gasteiger partial charge in [0.15, 0.2) is 8.07 Å². The van der Waals surface area contributed by atoms with Crippen molar-refractivity contribution in [2.24, 2.45) is 0 Å². The summed E-state index contributed by atoms with van der Waals surface area (Å²) in [7, 11) is -4.75. The lowest BCUT2D eigenvalue weighted by Crippen LogP contribution is -2.72. The van der Waals surface area contributed by atoms with Crippen LogP contribution in [0.2, 0.25) is 0 Å². The highest BCUT2D eigenvalue weighted by molar-refractivity contribution is 7.86. The van der Waals surface area contributed by atoms with Gasteiger partial charge in [-0.1, -0.05) is 231 Å². The molecule has 10 aromatic carbocycles. The van der Waals surface area contributed by atoms with Crippen LogP contribution >= 0.6 is 38.5 Å². The van der Waals surface area contributed by atoms with Gasteiger partial charge < -0.3 is 0 Å². The molecule has 0 nitrogen and oxygen atoms in total. The summed E-state index contributed by atoms with van der Waals surface area (Å²) in [6.45, 7) is 0. The van der Waals surface area contributed by atoms with Crippen molar-refractivity contribution in [3.8, 4) is 9.75 Å². The number of thiophene rings is 2. The number of rotatable bonds is 8. The monoisotopic (exact) mass is 914 g/mol. The first kappa shape index (κ1) is 39.1. The van der Waals surface area contributed by atoms with E-state index in [-0.39, 0.29) is 0 Å². The van der Waals surface area contributed by atoms with Crippen molar-refractivity contribution in [2.45, 2.75) is 0 Å². The average Bonchev–Trinajstić information content (AvgIpc) is 4.07. The van der Waals surface area contributed by atoms with Gasteiger partial charge in [-0.2, -0.15) is 0 Å². The van der Waals surface area contributed by atoms with E-state index < -0.39 is 23.9 Å². The Bertz CT molecular complexity index is 3330. The van der Waals surface area contributed by atoms with Crippen LogP contribution in [0.3, 0.4) is 0 Å². The van der Waals surface area contributed by atoms with Crippen LogP contribution in [0.1, 0.15) is 0 Å². The van der Waals surface area contributed by atoms with Crippen molar-refractivity contribution in [1.29, 1.82) is 0 Å². The zero-order valence-electron chi connectivity index (χ0n) is 35.3. The third-order valence-corrected chi connectivity index (χ3v) is 26.8. The summed E-state index contributed by atoms with van der Waals surface area (Å²) in [4.78, 5) is 2.92. The van der Waals surface area contributed by atoms with E-state index in [9.17, 15) is 0 Å².